The topological polar surface area (TPSA) is 121 Å². The summed E-state index contributed by atoms with van der Waals surface area (Å²) in [5, 5.41) is 19.9. The maximum atomic E-state index is 13.4. The zero-order valence-corrected chi connectivity index (χ0v) is 15.7. The predicted molar refractivity (Wildman–Crippen MR) is 98.2 cm³/mol. The van der Waals surface area contributed by atoms with Gasteiger partial charge < -0.3 is 10.2 Å². The molecule has 1 fully saturated rings. The lowest BCUT2D eigenvalue weighted by Crippen LogP contribution is -2.69. The van der Waals surface area contributed by atoms with Gasteiger partial charge in [0.1, 0.15) is 11.3 Å². The van der Waals surface area contributed by atoms with Crippen LogP contribution in [0.2, 0.25) is 0 Å². The summed E-state index contributed by atoms with van der Waals surface area (Å²) in [5.41, 5.74) is -2.71. The van der Waals surface area contributed by atoms with Gasteiger partial charge in [-0.1, -0.05) is 12.1 Å². The first-order valence-corrected chi connectivity index (χ1v) is 8.73. The molecule has 0 saturated carbocycles. The minimum Gasteiger partial charge on any atom is -0.481 e. The number of carbonyl (C=O) groups excluding carboxylic acids is 1. The van der Waals surface area contributed by atoms with Gasteiger partial charge in [0.2, 0.25) is 0 Å². The third-order valence-corrected chi connectivity index (χ3v) is 6.04. The summed E-state index contributed by atoms with van der Waals surface area (Å²) < 4.78 is 0. The van der Waals surface area contributed by atoms with Crippen molar-refractivity contribution in [2.75, 3.05) is 7.05 Å². The number of pyridine rings is 2. The summed E-state index contributed by atoms with van der Waals surface area (Å²) in [6, 6.07) is 9.09. The number of carboxylic acids is 2. The molecule has 0 spiro atoms. The van der Waals surface area contributed by atoms with Crippen molar-refractivity contribution >= 4 is 17.7 Å². The van der Waals surface area contributed by atoms with Crippen LogP contribution in [0.5, 0.6) is 0 Å². The normalized spacial score (nSPS) is 30.8. The highest BCUT2D eigenvalue weighted by atomic mass is 16.4. The van der Waals surface area contributed by atoms with Gasteiger partial charge in [0.05, 0.1) is 23.0 Å². The number of carbonyl (C=O) groups is 3. The number of nitrogens with zero attached hydrogens (tertiary/aromatic N) is 3. The lowest BCUT2D eigenvalue weighted by Gasteiger charge is -2.56. The second kappa shape index (κ2) is 6.79. The molecule has 1 saturated heterocycles. The van der Waals surface area contributed by atoms with Crippen LogP contribution in [-0.4, -0.2) is 49.9 Å². The highest BCUT2D eigenvalue weighted by Crippen LogP contribution is 2.54. The molecule has 1 aliphatic heterocycles. The van der Waals surface area contributed by atoms with Crippen molar-refractivity contribution in [3.05, 3.63) is 60.2 Å². The summed E-state index contributed by atoms with van der Waals surface area (Å²) in [6.45, 7) is 2.88. The number of aromatic nitrogens is 2. The van der Waals surface area contributed by atoms with E-state index < -0.39 is 40.6 Å². The van der Waals surface area contributed by atoms with E-state index >= 15 is 0 Å². The SMILES string of the molecule is CN1C(c2ccccn2)C(C(=O)O)C(=O)C(C)(C(=O)O)C1(C)c1ccccn1. The van der Waals surface area contributed by atoms with Gasteiger partial charge in [0, 0.05) is 12.4 Å². The Hall–Kier alpha value is -3.13. The van der Waals surface area contributed by atoms with E-state index in [1.165, 1.54) is 19.3 Å². The highest BCUT2D eigenvalue weighted by molar-refractivity contribution is 6.13. The van der Waals surface area contributed by atoms with Crippen molar-refractivity contribution in [1.29, 1.82) is 0 Å². The molecule has 4 unspecified atom stereocenters. The molecule has 0 bridgehead atoms. The molecule has 2 N–H and O–H groups in total. The molecule has 3 rings (SSSR count). The molecule has 0 amide bonds. The van der Waals surface area contributed by atoms with Gasteiger partial charge in [0.25, 0.3) is 0 Å². The Kier molecular flexibility index (Phi) is 4.76. The maximum absolute atomic E-state index is 13.4. The number of ketones is 1. The van der Waals surface area contributed by atoms with E-state index in [0.717, 1.165) is 0 Å². The lowest BCUT2D eigenvalue weighted by atomic mass is 9.58. The Labute approximate surface area is 161 Å². The predicted octanol–water partition coefficient (Wildman–Crippen LogP) is 1.74. The number of piperidine rings is 1. The van der Waals surface area contributed by atoms with Crippen molar-refractivity contribution in [3.8, 4) is 0 Å². The molecule has 8 heteroatoms. The van der Waals surface area contributed by atoms with Gasteiger partial charge in [-0.05, 0) is 45.2 Å². The molecule has 0 aliphatic carbocycles. The first-order valence-electron chi connectivity index (χ1n) is 8.73. The second-order valence-electron chi connectivity index (χ2n) is 7.21. The molecule has 28 heavy (non-hydrogen) atoms. The van der Waals surface area contributed by atoms with E-state index in [1.54, 1.807) is 55.3 Å². The first-order chi connectivity index (χ1) is 13.2. The third kappa shape index (κ3) is 2.52. The molecule has 1 aliphatic rings. The van der Waals surface area contributed by atoms with Crippen molar-refractivity contribution in [2.45, 2.75) is 25.4 Å². The zero-order valence-electron chi connectivity index (χ0n) is 15.7. The van der Waals surface area contributed by atoms with Crippen LogP contribution in [0.25, 0.3) is 0 Å². The zero-order chi connectivity index (χ0) is 20.7. The van der Waals surface area contributed by atoms with Crippen LogP contribution in [-0.2, 0) is 19.9 Å². The minimum absolute atomic E-state index is 0.362. The Balaban J connectivity index is 2.33. The fraction of sp³-hybridized carbons (Fsp3) is 0.350. The molecule has 4 atom stereocenters. The molecule has 2 aromatic heterocycles. The fourth-order valence-corrected chi connectivity index (χ4v) is 4.12. The summed E-state index contributed by atoms with van der Waals surface area (Å²) in [6.07, 6.45) is 3.02. The van der Waals surface area contributed by atoms with Crippen LogP contribution in [0, 0.1) is 11.3 Å². The second-order valence-corrected chi connectivity index (χ2v) is 7.21. The molecule has 146 valence electrons. The summed E-state index contributed by atoms with van der Waals surface area (Å²) >= 11 is 0. The number of aliphatic carboxylic acids is 2. The average molecular weight is 383 g/mol. The van der Waals surface area contributed by atoms with Gasteiger partial charge in [-0.3, -0.25) is 29.3 Å². The molecule has 0 radical (unpaired) electrons. The van der Waals surface area contributed by atoms with Crippen LogP contribution in [0.15, 0.2) is 48.8 Å². The van der Waals surface area contributed by atoms with E-state index in [0.29, 0.717) is 11.4 Å². The standard InChI is InChI=1S/C20H21N3O5/c1-19(18(27)28)16(24)14(17(25)26)15(12-8-4-6-10-21-12)23(3)20(19,2)13-9-5-7-11-22-13/h4-11,14-15H,1-3H3,(H,25,26)(H,27,28). The number of hydrogen-bond acceptors (Lipinski definition) is 6. The molecule has 0 aromatic carbocycles. The monoisotopic (exact) mass is 383 g/mol. The van der Waals surface area contributed by atoms with E-state index in [9.17, 15) is 24.6 Å². The fourth-order valence-electron chi connectivity index (χ4n) is 4.12. The average Bonchev–Trinajstić information content (AvgIpc) is 2.69. The van der Waals surface area contributed by atoms with Crippen molar-refractivity contribution in [1.82, 2.24) is 14.9 Å². The quantitative estimate of drug-likeness (QED) is 0.766. The van der Waals surface area contributed by atoms with Gasteiger partial charge in [-0.25, -0.2) is 0 Å². The smallest absolute Gasteiger partial charge is 0.319 e. The summed E-state index contributed by atoms with van der Waals surface area (Å²) in [7, 11) is 1.61. The first kappa shape index (κ1) is 19.6. The van der Waals surface area contributed by atoms with Crippen molar-refractivity contribution in [2.24, 2.45) is 11.3 Å². The van der Waals surface area contributed by atoms with Crippen LogP contribution >= 0.6 is 0 Å². The van der Waals surface area contributed by atoms with Gasteiger partial charge in [-0.15, -0.1) is 0 Å². The molecule has 3 heterocycles. The van der Waals surface area contributed by atoms with Crippen LogP contribution in [0.1, 0.15) is 31.3 Å². The number of likely N-dealkylation sites (tertiary alicyclic amines) is 1. The van der Waals surface area contributed by atoms with E-state index in [1.807, 2.05) is 0 Å². The Morgan fingerprint density at radius 2 is 1.64 bits per heavy atom. The Bertz CT molecular complexity index is 920. The van der Waals surface area contributed by atoms with Crippen molar-refractivity contribution < 1.29 is 24.6 Å². The largest absolute Gasteiger partial charge is 0.481 e. The molecular formula is C20H21N3O5. The number of hydrogen-bond donors (Lipinski definition) is 2. The third-order valence-electron chi connectivity index (χ3n) is 6.04. The van der Waals surface area contributed by atoms with Gasteiger partial charge >= 0.3 is 11.9 Å². The van der Waals surface area contributed by atoms with Crippen LogP contribution in [0.3, 0.4) is 0 Å². The van der Waals surface area contributed by atoms with E-state index in [4.69, 9.17) is 0 Å². The molecular weight excluding hydrogens is 362 g/mol. The van der Waals surface area contributed by atoms with Crippen LogP contribution in [0.4, 0.5) is 0 Å². The number of rotatable bonds is 4. The van der Waals surface area contributed by atoms with Crippen LogP contribution < -0.4 is 0 Å². The highest BCUT2D eigenvalue weighted by Gasteiger charge is 2.68. The maximum Gasteiger partial charge on any atom is 0.319 e. The Morgan fingerprint density at radius 1 is 1.04 bits per heavy atom. The Morgan fingerprint density at radius 3 is 2.11 bits per heavy atom. The van der Waals surface area contributed by atoms with Crippen molar-refractivity contribution in [3.63, 3.8) is 0 Å². The van der Waals surface area contributed by atoms with E-state index in [2.05, 4.69) is 9.97 Å². The lowest BCUT2D eigenvalue weighted by molar-refractivity contribution is -0.185. The minimum atomic E-state index is -2.04. The number of Topliss-reactive ketones (excluding diaryl/α,β-unsaturated/α-hetero) is 1. The van der Waals surface area contributed by atoms with E-state index in [-0.39, 0.29) is 0 Å². The number of carboxylic acid groups (broad SMARTS) is 2. The summed E-state index contributed by atoms with van der Waals surface area (Å²) in [4.78, 5) is 48.0. The van der Waals surface area contributed by atoms with Gasteiger partial charge in [-0.2, -0.15) is 0 Å². The molecule has 2 aromatic rings. The van der Waals surface area contributed by atoms with Gasteiger partial charge in [0.15, 0.2) is 5.78 Å². The summed E-state index contributed by atoms with van der Waals surface area (Å²) in [5.74, 6) is -5.25. The molecule has 8 nitrogen and oxygen atoms in total.